The highest BCUT2D eigenvalue weighted by atomic mass is 32.1. The van der Waals surface area contributed by atoms with Gasteiger partial charge >= 0.3 is 6.09 Å². The van der Waals surface area contributed by atoms with Crippen LogP contribution in [0, 0.1) is 0 Å². The number of benzene rings is 3. The van der Waals surface area contributed by atoms with Crippen LogP contribution in [0.5, 0.6) is 28.7 Å². The Bertz CT molecular complexity index is 1340. The summed E-state index contributed by atoms with van der Waals surface area (Å²) in [7, 11) is 3.17. The van der Waals surface area contributed by atoms with E-state index in [1.165, 1.54) is 0 Å². The van der Waals surface area contributed by atoms with Crippen molar-refractivity contribution >= 4 is 27.5 Å². The number of methoxy groups -OCH3 is 2. The minimum atomic E-state index is -1.01. The summed E-state index contributed by atoms with van der Waals surface area (Å²) in [4.78, 5) is 11.5. The van der Waals surface area contributed by atoms with Crippen molar-refractivity contribution in [3.63, 3.8) is 0 Å². The molecular weight excluding hydrogens is 522 g/mol. The molecule has 0 spiro atoms. The topological polar surface area (TPSA) is 105 Å². The summed E-state index contributed by atoms with van der Waals surface area (Å²) in [5.74, 6) is 3.57. The molecule has 0 fully saturated rings. The number of nitrogens with one attached hydrogen (secondary N) is 1. The molecular formula is C29H31NO8S. The maximum atomic E-state index is 10.5. The van der Waals surface area contributed by atoms with E-state index >= 15 is 0 Å². The van der Waals surface area contributed by atoms with Gasteiger partial charge in [0.05, 0.1) is 11.5 Å². The second kappa shape index (κ2) is 14.2. The number of hydrogen-bond donors (Lipinski definition) is 2. The summed E-state index contributed by atoms with van der Waals surface area (Å²) in [6.45, 7) is 1.26. The Balaban J connectivity index is 1.52. The monoisotopic (exact) mass is 553 g/mol. The maximum absolute atomic E-state index is 10.5. The van der Waals surface area contributed by atoms with Crippen LogP contribution in [0.4, 0.5) is 4.79 Å². The van der Waals surface area contributed by atoms with Crippen LogP contribution in [-0.4, -0.2) is 52.2 Å². The van der Waals surface area contributed by atoms with Gasteiger partial charge in [-0.3, -0.25) is 0 Å². The molecule has 0 aliphatic heterocycles. The lowest BCUT2D eigenvalue weighted by atomic mass is 10.1. The molecule has 0 atom stereocenters. The van der Waals surface area contributed by atoms with Gasteiger partial charge in [-0.1, -0.05) is 0 Å². The van der Waals surface area contributed by atoms with Crippen LogP contribution >= 0.6 is 11.3 Å². The number of amides is 1. The van der Waals surface area contributed by atoms with Gasteiger partial charge in [0, 0.05) is 30.9 Å². The van der Waals surface area contributed by atoms with E-state index < -0.39 is 6.09 Å². The molecule has 206 valence electrons. The SMILES string of the molecule is COCOc1ccc(-c2sc3cc(OCOC)ccc3c2Oc2ccc(OCCCCNC(=O)O)cc2)cc1. The van der Waals surface area contributed by atoms with Gasteiger partial charge in [0.1, 0.15) is 23.0 Å². The lowest BCUT2D eigenvalue weighted by Gasteiger charge is -2.11. The van der Waals surface area contributed by atoms with E-state index in [1.807, 2.05) is 66.7 Å². The van der Waals surface area contributed by atoms with E-state index in [1.54, 1.807) is 25.6 Å². The molecule has 0 unspecified atom stereocenters. The Kier molecular flexibility index (Phi) is 10.2. The molecule has 0 saturated carbocycles. The molecule has 39 heavy (non-hydrogen) atoms. The Hall–Kier alpha value is -3.99. The molecule has 1 heterocycles. The number of carboxylic acid groups (broad SMARTS) is 1. The molecule has 1 amide bonds. The first-order valence-corrected chi connectivity index (χ1v) is 13.2. The standard InChI is InChI=1S/C29H31NO8S/c1-33-18-36-22-7-5-20(6-8-22)28-27(25-14-13-24(37-19-34-2)17-26(25)39-28)38-23-11-9-21(10-12-23)35-16-4-3-15-30-29(31)32/h5-14,17,30H,3-4,15-16,18-19H2,1-2H3,(H,31,32). The zero-order valence-corrected chi connectivity index (χ0v) is 22.6. The maximum Gasteiger partial charge on any atom is 0.404 e. The molecule has 2 N–H and O–H groups in total. The second-order valence-electron chi connectivity index (χ2n) is 8.41. The summed E-state index contributed by atoms with van der Waals surface area (Å²) in [6.07, 6.45) is 0.439. The van der Waals surface area contributed by atoms with Crippen LogP contribution in [0.1, 0.15) is 12.8 Å². The highest BCUT2D eigenvalue weighted by Crippen LogP contribution is 2.47. The molecule has 4 aromatic rings. The highest BCUT2D eigenvalue weighted by molar-refractivity contribution is 7.22. The van der Waals surface area contributed by atoms with Crippen molar-refractivity contribution in [3.05, 3.63) is 66.7 Å². The van der Waals surface area contributed by atoms with E-state index in [9.17, 15) is 4.79 Å². The first-order valence-electron chi connectivity index (χ1n) is 12.4. The Morgan fingerprint density at radius 3 is 2.10 bits per heavy atom. The summed E-state index contributed by atoms with van der Waals surface area (Å²) in [6, 6.07) is 21.1. The highest BCUT2D eigenvalue weighted by Gasteiger charge is 2.17. The van der Waals surface area contributed by atoms with Gasteiger partial charge < -0.3 is 38.8 Å². The lowest BCUT2D eigenvalue weighted by Crippen LogP contribution is -2.22. The summed E-state index contributed by atoms with van der Waals surface area (Å²) >= 11 is 1.61. The van der Waals surface area contributed by atoms with Gasteiger partial charge in [-0.2, -0.15) is 0 Å². The van der Waals surface area contributed by atoms with Crippen molar-refractivity contribution in [2.24, 2.45) is 0 Å². The molecule has 1 aromatic heterocycles. The van der Waals surface area contributed by atoms with Crippen molar-refractivity contribution in [1.29, 1.82) is 0 Å². The van der Waals surface area contributed by atoms with Crippen molar-refractivity contribution in [3.8, 4) is 39.2 Å². The summed E-state index contributed by atoms with van der Waals surface area (Å²) in [5.41, 5.74) is 0.993. The average Bonchev–Trinajstić information content (AvgIpc) is 3.31. The molecule has 0 aliphatic carbocycles. The smallest absolute Gasteiger partial charge is 0.404 e. The average molecular weight is 554 g/mol. The first kappa shape index (κ1) is 28.0. The Morgan fingerprint density at radius 1 is 0.795 bits per heavy atom. The number of rotatable bonds is 15. The third-order valence-electron chi connectivity index (χ3n) is 5.58. The van der Waals surface area contributed by atoms with Gasteiger partial charge in [0.2, 0.25) is 0 Å². The molecule has 0 bridgehead atoms. The van der Waals surface area contributed by atoms with Gasteiger partial charge in [-0.05, 0) is 85.1 Å². The van der Waals surface area contributed by atoms with E-state index in [-0.39, 0.29) is 13.6 Å². The number of unbranched alkanes of at least 4 members (excludes halogenated alkanes) is 1. The molecule has 3 aromatic carbocycles. The van der Waals surface area contributed by atoms with Crippen molar-refractivity contribution in [2.45, 2.75) is 12.8 Å². The van der Waals surface area contributed by atoms with Crippen LogP contribution in [0.2, 0.25) is 0 Å². The van der Waals surface area contributed by atoms with Crippen LogP contribution in [0.3, 0.4) is 0 Å². The van der Waals surface area contributed by atoms with Gasteiger partial charge in [-0.25, -0.2) is 4.79 Å². The Morgan fingerprint density at radius 2 is 1.41 bits per heavy atom. The fourth-order valence-corrected chi connectivity index (χ4v) is 4.89. The van der Waals surface area contributed by atoms with Crippen LogP contribution in [0.15, 0.2) is 66.7 Å². The van der Waals surface area contributed by atoms with E-state index in [0.29, 0.717) is 36.8 Å². The van der Waals surface area contributed by atoms with E-state index in [0.717, 1.165) is 38.4 Å². The molecule has 0 aliphatic rings. The molecule has 4 rings (SSSR count). The third kappa shape index (κ3) is 8.00. The predicted octanol–water partition coefficient (Wildman–Crippen LogP) is 6.75. The fraction of sp³-hybridized carbons (Fsp3) is 0.276. The van der Waals surface area contributed by atoms with Crippen LogP contribution < -0.4 is 24.3 Å². The van der Waals surface area contributed by atoms with Gasteiger partial charge in [0.15, 0.2) is 19.3 Å². The van der Waals surface area contributed by atoms with Crippen molar-refractivity contribution < 1.29 is 38.3 Å². The quantitative estimate of drug-likeness (QED) is 0.123. The largest absolute Gasteiger partial charge is 0.494 e. The van der Waals surface area contributed by atoms with E-state index in [2.05, 4.69) is 5.32 Å². The van der Waals surface area contributed by atoms with Gasteiger partial charge in [-0.15, -0.1) is 11.3 Å². The second-order valence-corrected chi connectivity index (χ2v) is 9.46. The molecule has 0 radical (unpaired) electrons. The molecule has 10 heteroatoms. The van der Waals surface area contributed by atoms with Crippen molar-refractivity contribution in [1.82, 2.24) is 5.32 Å². The number of hydrogen-bond acceptors (Lipinski definition) is 8. The minimum Gasteiger partial charge on any atom is -0.494 e. The van der Waals surface area contributed by atoms with Crippen LogP contribution in [0.25, 0.3) is 20.5 Å². The molecule has 0 saturated heterocycles. The number of fused-ring (bicyclic) bond motifs is 1. The molecule has 9 nitrogen and oxygen atoms in total. The minimum absolute atomic E-state index is 0.170. The zero-order chi connectivity index (χ0) is 27.5. The lowest BCUT2D eigenvalue weighted by molar-refractivity contribution is 0.0510. The van der Waals surface area contributed by atoms with Crippen LogP contribution in [-0.2, 0) is 9.47 Å². The normalized spacial score (nSPS) is 10.8. The van der Waals surface area contributed by atoms with E-state index in [4.69, 9.17) is 33.5 Å². The van der Waals surface area contributed by atoms with Crippen molar-refractivity contribution in [2.75, 3.05) is 41.0 Å². The fourth-order valence-electron chi connectivity index (χ4n) is 3.73. The summed E-state index contributed by atoms with van der Waals surface area (Å²) in [5, 5.41) is 11.9. The predicted molar refractivity (Wildman–Crippen MR) is 150 cm³/mol. The summed E-state index contributed by atoms with van der Waals surface area (Å²) < 4.78 is 34.4. The van der Waals surface area contributed by atoms with Gasteiger partial charge in [0.25, 0.3) is 0 Å². The first-order chi connectivity index (χ1) is 19.1. The third-order valence-corrected chi connectivity index (χ3v) is 6.76. The zero-order valence-electron chi connectivity index (χ0n) is 21.8. The Labute approximate surface area is 230 Å². The number of carbonyl (C=O) groups is 1. The number of thiophene rings is 1. The number of ether oxygens (including phenoxy) is 6.